The first-order valence-corrected chi connectivity index (χ1v) is 12.3. The maximum absolute atomic E-state index is 13.4. The smallest absolute Gasteiger partial charge is 0.325 e. The Morgan fingerprint density at radius 2 is 2.06 bits per heavy atom. The summed E-state index contributed by atoms with van der Waals surface area (Å²) in [5.74, 6) is -0.290. The largest absolute Gasteiger partial charge is 0.493 e. The van der Waals surface area contributed by atoms with E-state index < -0.39 is 45.8 Å². The number of para-hydroxylation sites is 1. The molecule has 9 nitrogen and oxygen atoms in total. The molecule has 2 fully saturated rings. The summed E-state index contributed by atoms with van der Waals surface area (Å²) in [5, 5.41) is 2.78. The number of nitrogens with zero attached hydrogens (tertiary/aromatic N) is 2. The summed E-state index contributed by atoms with van der Waals surface area (Å²) in [7, 11) is -3.18. The van der Waals surface area contributed by atoms with E-state index in [1.165, 1.54) is 4.90 Å². The highest BCUT2D eigenvalue weighted by molar-refractivity contribution is 7.91. The minimum atomic E-state index is -3.18. The van der Waals surface area contributed by atoms with Gasteiger partial charge in [0, 0.05) is 24.6 Å². The van der Waals surface area contributed by atoms with Crippen LogP contribution in [-0.4, -0.2) is 73.3 Å². The lowest BCUT2D eigenvalue weighted by molar-refractivity contribution is -0.141. The summed E-state index contributed by atoms with van der Waals surface area (Å²) in [5.41, 5.74) is -0.665. The molecule has 0 saturated carbocycles. The molecule has 0 bridgehead atoms. The van der Waals surface area contributed by atoms with Gasteiger partial charge in [-0.1, -0.05) is 32.0 Å². The Morgan fingerprint density at radius 3 is 2.74 bits per heavy atom. The number of hydrogen-bond acceptors (Lipinski definition) is 6. The fourth-order valence-electron chi connectivity index (χ4n) is 4.61. The van der Waals surface area contributed by atoms with E-state index in [9.17, 15) is 22.8 Å². The van der Waals surface area contributed by atoms with Gasteiger partial charge in [0.15, 0.2) is 15.4 Å². The summed E-state index contributed by atoms with van der Waals surface area (Å²) in [6.07, 6.45) is 0.644. The van der Waals surface area contributed by atoms with Crippen molar-refractivity contribution in [3.63, 3.8) is 0 Å². The van der Waals surface area contributed by atoms with Gasteiger partial charge in [-0.15, -0.1) is 0 Å². The second kappa shape index (κ2) is 7.81. The Morgan fingerprint density at radius 1 is 1.32 bits per heavy atom. The van der Waals surface area contributed by atoms with E-state index in [4.69, 9.17) is 4.74 Å². The molecular weight excluding hydrogens is 422 g/mol. The summed E-state index contributed by atoms with van der Waals surface area (Å²) < 4.78 is 29.5. The molecule has 31 heavy (non-hydrogen) atoms. The Bertz CT molecular complexity index is 1020. The van der Waals surface area contributed by atoms with Crippen LogP contribution in [0.25, 0.3) is 0 Å². The van der Waals surface area contributed by atoms with Crippen molar-refractivity contribution < 1.29 is 27.5 Å². The van der Waals surface area contributed by atoms with Crippen molar-refractivity contribution in [3.8, 4) is 5.75 Å². The number of ether oxygens (including phenoxy) is 1. The maximum atomic E-state index is 13.4. The van der Waals surface area contributed by atoms with E-state index in [0.29, 0.717) is 24.3 Å². The van der Waals surface area contributed by atoms with E-state index >= 15 is 0 Å². The van der Waals surface area contributed by atoms with E-state index in [1.54, 1.807) is 24.3 Å². The highest BCUT2D eigenvalue weighted by Crippen LogP contribution is 2.41. The standard InChI is InChI=1S/C21H27N3O6S/c1-14(2)11-23(15-7-10-31(28,29)13-15)18(25)12-24-19(26)21(22-20(24)27)8-9-30-17-6-4-3-5-16(17)21/h3-6,14-15H,7-13H2,1-2H3,(H,22,27)/t15-,21+/m0/s1. The predicted molar refractivity (Wildman–Crippen MR) is 112 cm³/mol. The van der Waals surface area contributed by atoms with E-state index in [1.807, 2.05) is 13.8 Å². The van der Waals surface area contributed by atoms with Crippen molar-refractivity contribution in [1.82, 2.24) is 15.1 Å². The van der Waals surface area contributed by atoms with Crippen LogP contribution in [0.3, 0.4) is 0 Å². The number of imide groups is 1. The van der Waals surface area contributed by atoms with Crippen LogP contribution in [0.4, 0.5) is 4.79 Å². The van der Waals surface area contributed by atoms with Crippen molar-refractivity contribution in [1.29, 1.82) is 0 Å². The summed E-state index contributed by atoms with van der Waals surface area (Å²) in [6.45, 7) is 4.09. The zero-order valence-corrected chi connectivity index (χ0v) is 18.5. The van der Waals surface area contributed by atoms with Crippen molar-refractivity contribution in [2.24, 2.45) is 5.92 Å². The number of benzene rings is 1. The number of amides is 4. The van der Waals surface area contributed by atoms with Gasteiger partial charge in [0.1, 0.15) is 12.3 Å². The monoisotopic (exact) mass is 449 g/mol. The summed E-state index contributed by atoms with van der Waals surface area (Å²) in [6, 6.07) is 5.99. The lowest BCUT2D eigenvalue weighted by atomic mass is 9.84. The Balaban J connectivity index is 1.57. The first kappa shape index (κ1) is 21.6. The molecule has 3 aliphatic heterocycles. The molecule has 1 aromatic rings. The van der Waals surface area contributed by atoms with Gasteiger partial charge >= 0.3 is 6.03 Å². The van der Waals surface area contributed by atoms with Crippen LogP contribution >= 0.6 is 0 Å². The number of hydrogen-bond donors (Lipinski definition) is 1. The van der Waals surface area contributed by atoms with Gasteiger partial charge in [0.25, 0.3) is 5.91 Å². The van der Waals surface area contributed by atoms with Gasteiger partial charge in [-0.05, 0) is 18.4 Å². The summed E-state index contributed by atoms with van der Waals surface area (Å²) >= 11 is 0. The molecule has 2 atom stereocenters. The number of carbonyl (C=O) groups is 3. The third-order valence-corrected chi connectivity index (χ3v) is 7.83. The molecule has 0 unspecified atom stereocenters. The lowest BCUT2D eigenvalue weighted by Crippen LogP contribution is -2.50. The van der Waals surface area contributed by atoms with Crippen LogP contribution in [0.5, 0.6) is 5.75 Å². The van der Waals surface area contributed by atoms with Crippen LogP contribution in [0.2, 0.25) is 0 Å². The normalized spacial score (nSPS) is 26.7. The molecule has 0 aliphatic carbocycles. The van der Waals surface area contributed by atoms with Crippen molar-refractivity contribution >= 4 is 27.7 Å². The third-order valence-electron chi connectivity index (χ3n) is 6.08. The van der Waals surface area contributed by atoms with E-state index in [-0.39, 0.29) is 30.5 Å². The third kappa shape index (κ3) is 3.88. The number of rotatable bonds is 5. The number of carbonyl (C=O) groups excluding carboxylic acids is 3. The molecule has 3 heterocycles. The van der Waals surface area contributed by atoms with Crippen LogP contribution in [0, 0.1) is 5.92 Å². The molecule has 1 aromatic carbocycles. The topological polar surface area (TPSA) is 113 Å². The predicted octanol–water partition coefficient (Wildman–Crippen LogP) is 0.888. The number of sulfone groups is 1. The Kier molecular flexibility index (Phi) is 5.45. The van der Waals surface area contributed by atoms with Crippen LogP contribution < -0.4 is 10.1 Å². The molecule has 3 aliphatic rings. The van der Waals surface area contributed by atoms with Crippen LogP contribution in [0.1, 0.15) is 32.3 Å². The fourth-order valence-corrected chi connectivity index (χ4v) is 6.34. The zero-order valence-electron chi connectivity index (χ0n) is 17.7. The molecular formula is C21H27N3O6S. The second-order valence-electron chi connectivity index (χ2n) is 8.82. The molecule has 168 valence electrons. The van der Waals surface area contributed by atoms with Crippen molar-refractivity contribution in [3.05, 3.63) is 29.8 Å². The van der Waals surface area contributed by atoms with E-state index in [2.05, 4.69) is 5.32 Å². The lowest BCUT2D eigenvalue weighted by Gasteiger charge is -2.33. The van der Waals surface area contributed by atoms with Crippen LogP contribution in [-0.2, 0) is 25.0 Å². The maximum Gasteiger partial charge on any atom is 0.325 e. The molecule has 10 heteroatoms. The van der Waals surface area contributed by atoms with Crippen molar-refractivity contribution in [2.45, 2.75) is 38.3 Å². The minimum absolute atomic E-state index is 0.0442. The molecule has 4 amide bonds. The summed E-state index contributed by atoms with van der Waals surface area (Å²) in [4.78, 5) is 41.8. The average Bonchev–Trinajstić information content (AvgIpc) is 3.18. The first-order valence-electron chi connectivity index (χ1n) is 10.5. The first-order chi connectivity index (χ1) is 14.6. The Labute approximate surface area is 181 Å². The highest BCUT2D eigenvalue weighted by atomic mass is 32.2. The molecule has 4 rings (SSSR count). The number of urea groups is 1. The van der Waals surface area contributed by atoms with Gasteiger partial charge in [-0.25, -0.2) is 13.2 Å². The number of fused-ring (bicyclic) bond motifs is 2. The minimum Gasteiger partial charge on any atom is -0.493 e. The molecule has 0 radical (unpaired) electrons. The van der Waals surface area contributed by atoms with Gasteiger partial charge in [-0.3, -0.25) is 14.5 Å². The Hall–Kier alpha value is -2.62. The van der Waals surface area contributed by atoms with E-state index in [0.717, 1.165) is 4.90 Å². The van der Waals surface area contributed by atoms with Gasteiger partial charge in [0.05, 0.1) is 18.1 Å². The molecule has 2 saturated heterocycles. The molecule has 1 N–H and O–H groups in total. The number of nitrogens with one attached hydrogen (secondary N) is 1. The van der Waals surface area contributed by atoms with Gasteiger partial charge in [-0.2, -0.15) is 0 Å². The molecule has 1 spiro atoms. The van der Waals surface area contributed by atoms with Gasteiger partial charge < -0.3 is 15.0 Å². The highest BCUT2D eigenvalue weighted by Gasteiger charge is 2.55. The fraction of sp³-hybridized carbons (Fsp3) is 0.571. The van der Waals surface area contributed by atoms with Gasteiger partial charge in [0.2, 0.25) is 5.91 Å². The van der Waals surface area contributed by atoms with Crippen LogP contribution in [0.15, 0.2) is 24.3 Å². The SMILES string of the molecule is CC(C)CN(C(=O)CN1C(=O)N[C@@]2(CCOc3ccccc32)C1=O)[C@H]1CCS(=O)(=O)C1. The quantitative estimate of drug-likeness (QED) is 0.668. The average molecular weight is 450 g/mol. The second-order valence-corrected chi connectivity index (χ2v) is 11.0. The van der Waals surface area contributed by atoms with Crippen molar-refractivity contribution in [2.75, 3.05) is 31.2 Å². The molecule has 0 aromatic heterocycles. The zero-order chi connectivity index (χ0) is 22.4.